The highest BCUT2D eigenvalue weighted by atomic mass is 35.5. The van der Waals surface area contributed by atoms with Crippen molar-refractivity contribution in [3.05, 3.63) is 42.3 Å². The molecular formula is C14H7Cl2NO5S2. The van der Waals surface area contributed by atoms with Crippen LogP contribution < -0.4 is 9.61 Å². The maximum atomic E-state index is 12.5. The zero-order valence-electron chi connectivity index (χ0n) is 11.5. The average molecular weight is 404 g/mol. The minimum Gasteiger partial charge on any atom is -0.480 e. The minimum atomic E-state index is -1.15. The number of fused-ring (bicyclic) bond motifs is 5. The molecule has 0 saturated carbocycles. The molecule has 0 amide bonds. The molecule has 4 rings (SSSR count). The van der Waals surface area contributed by atoms with Gasteiger partial charge in [-0.25, -0.2) is 0 Å². The van der Waals surface area contributed by atoms with Crippen molar-refractivity contribution in [1.82, 2.24) is 4.98 Å². The topological polar surface area (TPSA) is 96.5 Å². The highest BCUT2D eigenvalue weighted by Gasteiger charge is 2.52. The third-order valence-corrected chi connectivity index (χ3v) is 6.85. The van der Waals surface area contributed by atoms with Gasteiger partial charge in [-0.1, -0.05) is 46.3 Å². The van der Waals surface area contributed by atoms with Crippen molar-refractivity contribution in [2.24, 2.45) is 5.92 Å². The summed E-state index contributed by atoms with van der Waals surface area (Å²) >= 11 is 14.1. The molecule has 0 aliphatic carbocycles. The van der Waals surface area contributed by atoms with Crippen molar-refractivity contribution in [1.29, 1.82) is 0 Å². The first-order valence-electron chi connectivity index (χ1n) is 6.70. The fourth-order valence-corrected chi connectivity index (χ4v) is 5.99. The number of thioether (sulfide) groups is 1. The summed E-state index contributed by atoms with van der Waals surface area (Å²) in [7, 11) is 0. The number of rotatable bonds is 1. The van der Waals surface area contributed by atoms with Crippen LogP contribution in [0.25, 0.3) is 0 Å². The lowest BCUT2D eigenvalue weighted by molar-refractivity contribution is -0.147. The maximum Gasteiger partial charge on any atom is 0.317 e. The fourth-order valence-electron chi connectivity index (χ4n) is 3.04. The average Bonchev–Trinajstić information content (AvgIpc) is 2.87. The number of thiazole rings is 1. The monoisotopic (exact) mass is 403 g/mol. The number of ether oxygens (including phenoxy) is 1. The number of carboxylic acids is 1. The van der Waals surface area contributed by atoms with Crippen LogP contribution >= 0.6 is 46.3 Å². The van der Waals surface area contributed by atoms with Crippen molar-refractivity contribution in [3.63, 3.8) is 0 Å². The van der Waals surface area contributed by atoms with Crippen LogP contribution in [0.5, 0.6) is 5.75 Å². The Hall–Kier alpha value is -1.48. The van der Waals surface area contributed by atoms with E-state index in [1.807, 2.05) is 0 Å². The number of hydrogen-bond donors (Lipinski definition) is 2. The summed E-state index contributed by atoms with van der Waals surface area (Å²) in [5, 5.41) is 9.40. The second-order valence-electron chi connectivity index (χ2n) is 5.32. The molecular weight excluding hydrogens is 397 g/mol. The predicted octanol–water partition coefficient (Wildman–Crippen LogP) is 2.97. The Labute approximate surface area is 152 Å². The highest BCUT2D eigenvalue weighted by Crippen LogP contribution is 2.55. The molecule has 24 heavy (non-hydrogen) atoms. The molecule has 0 fully saturated rings. The van der Waals surface area contributed by atoms with Crippen LogP contribution in [0, 0.1) is 5.92 Å². The number of nitrogens with one attached hydrogen (secondary N) is 1. The molecule has 0 saturated heterocycles. The Morgan fingerprint density at radius 1 is 1.29 bits per heavy atom. The molecule has 0 spiro atoms. The van der Waals surface area contributed by atoms with Crippen LogP contribution in [0.2, 0.25) is 10.0 Å². The second-order valence-corrected chi connectivity index (χ2v) is 8.33. The van der Waals surface area contributed by atoms with Gasteiger partial charge in [0.25, 0.3) is 0 Å². The summed E-state index contributed by atoms with van der Waals surface area (Å²) in [4.78, 5) is 38.8. The van der Waals surface area contributed by atoms with E-state index in [9.17, 15) is 19.5 Å². The first-order valence-corrected chi connectivity index (χ1v) is 9.15. The zero-order chi connectivity index (χ0) is 17.2. The minimum absolute atomic E-state index is 0.162. The number of hydrogen-bond acceptors (Lipinski definition) is 6. The maximum absolute atomic E-state index is 12.5. The molecule has 3 atom stereocenters. The van der Waals surface area contributed by atoms with E-state index < -0.39 is 29.0 Å². The molecule has 1 aromatic heterocycles. The first kappa shape index (κ1) is 16.0. The molecule has 6 nitrogen and oxygen atoms in total. The zero-order valence-corrected chi connectivity index (χ0v) is 14.7. The molecule has 3 heterocycles. The quantitative estimate of drug-likeness (QED) is 0.561. The van der Waals surface area contributed by atoms with Gasteiger partial charge in [-0.15, -0.1) is 0 Å². The molecule has 3 unspecified atom stereocenters. The van der Waals surface area contributed by atoms with Gasteiger partial charge in [0.1, 0.15) is 5.25 Å². The second kappa shape index (κ2) is 5.52. The molecule has 10 heteroatoms. The van der Waals surface area contributed by atoms with Gasteiger partial charge >= 0.3 is 16.8 Å². The Kier molecular flexibility index (Phi) is 3.68. The number of halogens is 2. The molecule has 0 radical (unpaired) electrons. The van der Waals surface area contributed by atoms with E-state index in [0.29, 0.717) is 20.5 Å². The van der Waals surface area contributed by atoms with E-state index in [1.165, 1.54) is 6.07 Å². The van der Waals surface area contributed by atoms with Crippen LogP contribution in [-0.4, -0.2) is 27.3 Å². The molecule has 124 valence electrons. The van der Waals surface area contributed by atoms with E-state index in [-0.39, 0.29) is 15.6 Å². The summed E-state index contributed by atoms with van der Waals surface area (Å²) in [5.74, 6) is -3.27. The summed E-state index contributed by atoms with van der Waals surface area (Å²) in [6.07, 6.45) is 0. The van der Waals surface area contributed by atoms with Crippen LogP contribution in [0.3, 0.4) is 0 Å². The first-order chi connectivity index (χ1) is 11.4. The Morgan fingerprint density at radius 2 is 2.04 bits per heavy atom. The van der Waals surface area contributed by atoms with Gasteiger partial charge in [0.2, 0.25) is 0 Å². The van der Waals surface area contributed by atoms with E-state index in [2.05, 4.69) is 4.98 Å². The SMILES string of the molecule is O=C(O)C1Sc2[nH]c(=O)sc2C2c3cc(Cl)cc(Cl)c3OC(=O)C12. The lowest BCUT2D eigenvalue weighted by atomic mass is 9.80. The van der Waals surface area contributed by atoms with E-state index in [1.54, 1.807) is 6.07 Å². The summed E-state index contributed by atoms with van der Waals surface area (Å²) in [6.45, 7) is 0. The third-order valence-electron chi connectivity index (χ3n) is 3.94. The van der Waals surface area contributed by atoms with Gasteiger partial charge in [-0.3, -0.25) is 14.4 Å². The number of benzene rings is 1. The van der Waals surface area contributed by atoms with Crippen LogP contribution in [0.4, 0.5) is 0 Å². The summed E-state index contributed by atoms with van der Waals surface area (Å²) in [5.41, 5.74) is 0.514. The Bertz CT molecular complexity index is 953. The van der Waals surface area contributed by atoms with Gasteiger partial charge < -0.3 is 14.8 Å². The number of carbonyl (C=O) groups excluding carboxylic acids is 1. The van der Waals surface area contributed by atoms with Crippen molar-refractivity contribution >= 4 is 58.2 Å². The molecule has 1 aromatic carbocycles. The number of aromatic nitrogens is 1. The van der Waals surface area contributed by atoms with Crippen molar-refractivity contribution in [2.45, 2.75) is 16.2 Å². The summed E-state index contributed by atoms with van der Waals surface area (Å²) < 4.78 is 5.30. The van der Waals surface area contributed by atoms with Gasteiger partial charge in [0.05, 0.1) is 16.0 Å². The van der Waals surface area contributed by atoms with E-state index in [0.717, 1.165) is 23.1 Å². The molecule has 2 aliphatic heterocycles. The third kappa shape index (κ3) is 2.28. The molecule has 2 N–H and O–H groups in total. The smallest absolute Gasteiger partial charge is 0.317 e. The molecule has 2 aliphatic rings. The summed E-state index contributed by atoms with van der Waals surface area (Å²) in [6, 6.07) is 3.04. The Balaban J connectivity index is 2.02. The number of H-pyrrole nitrogens is 1. The highest BCUT2D eigenvalue weighted by molar-refractivity contribution is 8.00. The fraction of sp³-hybridized carbons (Fsp3) is 0.214. The van der Waals surface area contributed by atoms with Crippen LogP contribution in [0.15, 0.2) is 22.0 Å². The number of carboxylic acid groups (broad SMARTS) is 1. The van der Waals surface area contributed by atoms with Crippen molar-refractivity contribution < 1.29 is 19.4 Å². The number of esters is 1. The number of aromatic amines is 1. The molecule has 0 bridgehead atoms. The van der Waals surface area contributed by atoms with Gasteiger partial charge in [0, 0.05) is 21.4 Å². The van der Waals surface area contributed by atoms with Crippen LogP contribution in [-0.2, 0) is 9.59 Å². The standard InChI is InChI=1S/C14H7Cl2NO5S2/c15-3-1-4-6-7(13(20)22-8(4)5(16)2-3)10(12(18)19)23-11-9(6)24-14(21)17-11/h1-2,6-7,10H,(H,17,21)(H,18,19). The molecule has 2 aromatic rings. The lowest BCUT2D eigenvalue weighted by Crippen LogP contribution is -2.44. The van der Waals surface area contributed by atoms with E-state index in [4.69, 9.17) is 27.9 Å². The van der Waals surface area contributed by atoms with Crippen molar-refractivity contribution in [3.8, 4) is 5.75 Å². The van der Waals surface area contributed by atoms with Gasteiger partial charge in [-0.2, -0.15) is 0 Å². The van der Waals surface area contributed by atoms with E-state index >= 15 is 0 Å². The largest absolute Gasteiger partial charge is 0.480 e. The van der Waals surface area contributed by atoms with Crippen molar-refractivity contribution in [2.75, 3.05) is 0 Å². The Morgan fingerprint density at radius 3 is 2.75 bits per heavy atom. The van der Waals surface area contributed by atoms with Gasteiger partial charge in [0.15, 0.2) is 5.75 Å². The number of carbonyl (C=O) groups is 2. The normalized spacial score (nSPS) is 24.6. The van der Waals surface area contributed by atoms with Gasteiger partial charge in [-0.05, 0) is 12.1 Å². The lowest BCUT2D eigenvalue weighted by Gasteiger charge is -2.37. The van der Waals surface area contributed by atoms with Crippen LogP contribution in [0.1, 0.15) is 16.4 Å². The predicted molar refractivity (Wildman–Crippen MR) is 89.7 cm³/mol. The number of aliphatic carboxylic acids is 1.